The lowest BCUT2D eigenvalue weighted by molar-refractivity contribution is -0.130. The van der Waals surface area contributed by atoms with Gasteiger partial charge in [-0.25, -0.2) is 13.8 Å². The first-order valence-corrected chi connectivity index (χ1v) is 8.66. The van der Waals surface area contributed by atoms with Crippen LogP contribution in [0.15, 0.2) is 48.9 Å². The summed E-state index contributed by atoms with van der Waals surface area (Å²) in [5.74, 6) is -4.77. The fraction of sp³-hybridized carbons (Fsp3) is 0.300. The summed E-state index contributed by atoms with van der Waals surface area (Å²) < 4.78 is 29.5. The molecule has 1 aliphatic carbocycles. The maximum atomic E-state index is 13.8. The van der Waals surface area contributed by atoms with Crippen LogP contribution in [0, 0.1) is 12.8 Å². The van der Waals surface area contributed by atoms with E-state index in [4.69, 9.17) is 0 Å². The normalized spacial score (nSPS) is 19.0. The maximum Gasteiger partial charge on any atom is 0.259 e. The molecule has 26 heavy (non-hydrogen) atoms. The number of amides is 1. The van der Waals surface area contributed by atoms with Crippen LogP contribution in [0.4, 0.5) is 14.5 Å². The van der Waals surface area contributed by atoms with Gasteiger partial charge in [-0.05, 0) is 55.2 Å². The van der Waals surface area contributed by atoms with Gasteiger partial charge < -0.3 is 9.72 Å². The van der Waals surface area contributed by atoms with Crippen molar-refractivity contribution in [3.8, 4) is 11.1 Å². The SMILES string of the molecule is Cc1ccc(NC(=O)[C@H]2CCCC2(F)F)cc1-c1cnc2cccn2c1. The number of rotatable bonds is 3. The second kappa shape index (κ2) is 6.20. The summed E-state index contributed by atoms with van der Waals surface area (Å²) in [6.45, 7) is 1.96. The molecule has 1 fully saturated rings. The number of hydrogen-bond donors (Lipinski definition) is 1. The van der Waals surface area contributed by atoms with Crippen molar-refractivity contribution >= 4 is 17.2 Å². The Morgan fingerprint density at radius 3 is 2.96 bits per heavy atom. The molecule has 0 bridgehead atoms. The average molecular weight is 355 g/mol. The van der Waals surface area contributed by atoms with E-state index in [9.17, 15) is 13.6 Å². The van der Waals surface area contributed by atoms with Gasteiger partial charge in [0.1, 0.15) is 11.6 Å². The Balaban J connectivity index is 1.63. The number of carbonyl (C=O) groups excluding carboxylic acids is 1. The molecule has 1 atom stereocenters. The van der Waals surface area contributed by atoms with Crippen LogP contribution < -0.4 is 5.32 Å². The third-order valence-corrected chi connectivity index (χ3v) is 5.02. The van der Waals surface area contributed by atoms with Crippen molar-refractivity contribution in [1.82, 2.24) is 9.38 Å². The number of benzene rings is 1. The van der Waals surface area contributed by atoms with Gasteiger partial charge in [-0.2, -0.15) is 0 Å². The van der Waals surface area contributed by atoms with Crippen LogP contribution in [0.25, 0.3) is 16.8 Å². The van der Waals surface area contributed by atoms with Crippen molar-refractivity contribution in [3.05, 3.63) is 54.5 Å². The smallest absolute Gasteiger partial charge is 0.259 e. The zero-order valence-corrected chi connectivity index (χ0v) is 14.4. The van der Waals surface area contributed by atoms with E-state index in [1.54, 1.807) is 12.3 Å². The monoisotopic (exact) mass is 355 g/mol. The minimum absolute atomic E-state index is 0.215. The van der Waals surface area contributed by atoms with E-state index < -0.39 is 17.7 Å². The zero-order chi connectivity index (χ0) is 18.3. The highest BCUT2D eigenvalue weighted by Crippen LogP contribution is 2.41. The van der Waals surface area contributed by atoms with Crippen molar-refractivity contribution in [3.63, 3.8) is 0 Å². The lowest BCUT2D eigenvalue weighted by atomic mass is 10.0. The van der Waals surface area contributed by atoms with Crippen molar-refractivity contribution in [2.24, 2.45) is 5.92 Å². The highest BCUT2D eigenvalue weighted by molar-refractivity contribution is 5.94. The van der Waals surface area contributed by atoms with E-state index in [2.05, 4.69) is 10.3 Å². The summed E-state index contributed by atoms with van der Waals surface area (Å²) in [6.07, 6.45) is 6.04. The van der Waals surface area contributed by atoms with E-state index >= 15 is 0 Å². The number of carbonyl (C=O) groups is 1. The van der Waals surface area contributed by atoms with Crippen LogP contribution in [0.1, 0.15) is 24.8 Å². The van der Waals surface area contributed by atoms with Gasteiger partial charge in [-0.3, -0.25) is 4.79 Å². The first kappa shape index (κ1) is 16.7. The Labute approximate surface area is 149 Å². The molecule has 0 spiro atoms. The van der Waals surface area contributed by atoms with Gasteiger partial charge in [-0.1, -0.05) is 6.07 Å². The molecule has 0 radical (unpaired) electrons. The summed E-state index contributed by atoms with van der Waals surface area (Å²) in [6, 6.07) is 9.25. The van der Waals surface area contributed by atoms with Crippen LogP contribution >= 0.6 is 0 Å². The van der Waals surface area contributed by atoms with Crippen molar-refractivity contribution in [2.45, 2.75) is 32.1 Å². The number of alkyl halides is 2. The van der Waals surface area contributed by atoms with E-state index in [0.717, 1.165) is 22.3 Å². The highest BCUT2D eigenvalue weighted by atomic mass is 19.3. The van der Waals surface area contributed by atoms with Crippen LogP contribution in [-0.4, -0.2) is 21.2 Å². The Kier molecular flexibility index (Phi) is 3.98. The van der Waals surface area contributed by atoms with Crippen molar-refractivity contribution in [2.75, 3.05) is 5.32 Å². The fourth-order valence-corrected chi connectivity index (χ4v) is 3.55. The first-order valence-electron chi connectivity index (χ1n) is 8.66. The van der Waals surface area contributed by atoms with Gasteiger partial charge in [0.05, 0.1) is 0 Å². The number of aromatic nitrogens is 2. The zero-order valence-electron chi connectivity index (χ0n) is 14.4. The molecule has 0 unspecified atom stereocenters. The summed E-state index contributed by atoms with van der Waals surface area (Å²) in [7, 11) is 0. The fourth-order valence-electron chi connectivity index (χ4n) is 3.55. The Morgan fingerprint density at radius 1 is 1.35 bits per heavy atom. The summed E-state index contributed by atoms with van der Waals surface area (Å²) in [4.78, 5) is 16.7. The van der Waals surface area contributed by atoms with E-state index in [1.165, 1.54) is 0 Å². The minimum Gasteiger partial charge on any atom is -0.326 e. The molecule has 3 aromatic rings. The van der Waals surface area contributed by atoms with Gasteiger partial charge in [-0.15, -0.1) is 0 Å². The molecule has 1 aliphatic rings. The lowest BCUT2D eigenvalue weighted by Gasteiger charge is -2.19. The van der Waals surface area contributed by atoms with Gasteiger partial charge in [0.2, 0.25) is 5.91 Å². The molecule has 2 heterocycles. The average Bonchev–Trinajstić information content (AvgIpc) is 3.21. The molecule has 1 saturated carbocycles. The second-order valence-electron chi connectivity index (χ2n) is 6.84. The molecule has 1 amide bonds. The number of anilines is 1. The Bertz CT molecular complexity index is 980. The van der Waals surface area contributed by atoms with Gasteiger partial charge in [0, 0.05) is 36.3 Å². The third kappa shape index (κ3) is 2.96. The van der Waals surface area contributed by atoms with Crippen LogP contribution in [0.5, 0.6) is 0 Å². The second-order valence-corrected chi connectivity index (χ2v) is 6.84. The largest absolute Gasteiger partial charge is 0.326 e. The number of fused-ring (bicyclic) bond motifs is 1. The van der Waals surface area contributed by atoms with Crippen LogP contribution in [0.2, 0.25) is 0 Å². The van der Waals surface area contributed by atoms with Crippen molar-refractivity contribution in [1.29, 1.82) is 0 Å². The molecule has 2 aromatic heterocycles. The number of aryl methyl sites for hydroxylation is 1. The summed E-state index contributed by atoms with van der Waals surface area (Å²) in [5.41, 5.74) is 4.19. The Hall–Kier alpha value is -2.76. The molecule has 4 nitrogen and oxygen atoms in total. The number of nitrogens with one attached hydrogen (secondary N) is 1. The number of halogens is 2. The first-order chi connectivity index (χ1) is 12.4. The molecule has 0 saturated heterocycles. The quantitative estimate of drug-likeness (QED) is 0.741. The van der Waals surface area contributed by atoms with Gasteiger partial charge >= 0.3 is 0 Å². The molecule has 134 valence electrons. The number of hydrogen-bond acceptors (Lipinski definition) is 2. The molecular weight excluding hydrogens is 336 g/mol. The highest BCUT2D eigenvalue weighted by Gasteiger charge is 2.47. The predicted molar refractivity (Wildman–Crippen MR) is 96.3 cm³/mol. The Morgan fingerprint density at radius 2 is 2.19 bits per heavy atom. The van der Waals surface area contributed by atoms with Gasteiger partial charge in [0.25, 0.3) is 5.92 Å². The minimum atomic E-state index is -2.92. The van der Waals surface area contributed by atoms with E-state index in [-0.39, 0.29) is 12.8 Å². The molecule has 6 heteroatoms. The van der Waals surface area contributed by atoms with Crippen molar-refractivity contribution < 1.29 is 13.6 Å². The van der Waals surface area contributed by atoms with Crippen LogP contribution in [-0.2, 0) is 4.79 Å². The summed E-state index contributed by atoms with van der Waals surface area (Å²) >= 11 is 0. The number of nitrogens with zero attached hydrogens (tertiary/aromatic N) is 2. The molecule has 0 aliphatic heterocycles. The summed E-state index contributed by atoms with van der Waals surface area (Å²) in [5, 5.41) is 2.66. The lowest BCUT2D eigenvalue weighted by Crippen LogP contribution is -2.33. The van der Waals surface area contributed by atoms with E-state index in [0.29, 0.717) is 12.1 Å². The van der Waals surface area contributed by atoms with Crippen LogP contribution in [0.3, 0.4) is 0 Å². The predicted octanol–water partition coefficient (Wildman–Crippen LogP) is 4.68. The molecule has 1 N–H and O–H groups in total. The molecule has 4 rings (SSSR count). The standard InChI is InChI=1S/C20H19F2N3O/c1-13-6-7-15(24-19(26)17-4-2-8-20(17,21)22)10-16(13)14-11-23-18-5-3-9-25(18)12-14/h3,5-7,9-12,17H,2,4,8H2,1H3,(H,24,26)/t17-/m1/s1. The molecule has 1 aromatic carbocycles. The molecular formula is C20H19F2N3O. The van der Waals surface area contributed by atoms with E-state index in [1.807, 2.05) is 48.0 Å². The maximum absolute atomic E-state index is 13.8. The third-order valence-electron chi connectivity index (χ3n) is 5.02. The topological polar surface area (TPSA) is 46.4 Å². The van der Waals surface area contributed by atoms with Gasteiger partial charge in [0.15, 0.2) is 0 Å².